The number of halogens is 1. The van der Waals surface area contributed by atoms with Crippen molar-refractivity contribution in [2.45, 2.75) is 0 Å². The molecule has 0 fully saturated rings. The fourth-order valence-corrected chi connectivity index (χ4v) is 1.72. The molecule has 0 aliphatic rings. The number of nitrogens with two attached hydrogens (primary N) is 1. The normalized spacial score (nSPS) is 10.9. The minimum absolute atomic E-state index is 0.511. The van der Waals surface area contributed by atoms with Gasteiger partial charge in [0.1, 0.15) is 0 Å². The third-order valence-corrected chi connectivity index (χ3v) is 2.78. The molecule has 0 saturated heterocycles. The van der Waals surface area contributed by atoms with Crippen LogP contribution in [0.5, 0.6) is 0 Å². The minimum atomic E-state index is 0.511. The second-order valence-electron chi connectivity index (χ2n) is 3.55. The van der Waals surface area contributed by atoms with Crippen LogP contribution in [-0.4, -0.2) is 19.8 Å². The van der Waals surface area contributed by atoms with Crippen LogP contribution in [0.3, 0.4) is 0 Å². The Bertz CT molecular complexity index is 691. The Morgan fingerprint density at radius 3 is 2.88 bits per heavy atom. The summed E-state index contributed by atoms with van der Waals surface area (Å²) in [4.78, 5) is 0. The molecule has 0 saturated carbocycles. The maximum atomic E-state index is 5.88. The Morgan fingerprint density at radius 1 is 1.18 bits per heavy atom. The number of fused-ring (bicyclic) bond motifs is 1. The lowest BCUT2D eigenvalue weighted by atomic mass is 10.2. The molecule has 2 aromatic heterocycles. The van der Waals surface area contributed by atoms with Gasteiger partial charge in [-0.15, -0.1) is 10.2 Å². The zero-order valence-corrected chi connectivity index (χ0v) is 9.46. The van der Waals surface area contributed by atoms with E-state index in [4.69, 9.17) is 17.3 Å². The van der Waals surface area contributed by atoms with Crippen molar-refractivity contribution in [3.05, 3.63) is 41.6 Å². The maximum absolute atomic E-state index is 5.88. The van der Waals surface area contributed by atoms with E-state index in [0.29, 0.717) is 22.2 Å². The highest BCUT2D eigenvalue weighted by Gasteiger charge is 2.09. The zero-order valence-electron chi connectivity index (χ0n) is 8.71. The molecule has 0 aliphatic carbocycles. The predicted molar refractivity (Wildman–Crippen MR) is 65.6 cm³/mol. The lowest BCUT2D eigenvalue weighted by Crippen LogP contribution is -1.94. The fraction of sp³-hybridized carbons (Fsp3) is 0. The van der Waals surface area contributed by atoms with Crippen LogP contribution in [-0.2, 0) is 0 Å². The van der Waals surface area contributed by atoms with Gasteiger partial charge in [-0.1, -0.05) is 11.6 Å². The average Bonchev–Trinajstić information content (AvgIpc) is 2.76. The van der Waals surface area contributed by atoms with E-state index in [-0.39, 0.29) is 0 Å². The molecule has 0 atom stereocenters. The van der Waals surface area contributed by atoms with Crippen LogP contribution in [0, 0.1) is 0 Å². The first kappa shape index (κ1) is 10.0. The number of benzene rings is 1. The summed E-state index contributed by atoms with van der Waals surface area (Å²) < 4.78 is 1.66. The van der Waals surface area contributed by atoms with Gasteiger partial charge in [0.05, 0.1) is 10.7 Å². The van der Waals surface area contributed by atoms with Crippen molar-refractivity contribution in [1.82, 2.24) is 19.8 Å². The summed E-state index contributed by atoms with van der Waals surface area (Å²) >= 11 is 5.88. The molecule has 1 aromatic carbocycles. The van der Waals surface area contributed by atoms with Crippen molar-refractivity contribution in [3.8, 4) is 11.4 Å². The van der Waals surface area contributed by atoms with Crippen molar-refractivity contribution in [2.75, 3.05) is 5.73 Å². The summed E-state index contributed by atoms with van der Waals surface area (Å²) in [6.45, 7) is 0. The molecule has 84 valence electrons. The molecule has 0 unspecified atom stereocenters. The van der Waals surface area contributed by atoms with E-state index in [0.717, 1.165) is 5.56 Å². The Morgan fingerprint density at radius 2 is 2.06 bits per heavy atom. The van der Waals surface area contributed by atoms with Crippen LogP contribution in [0.1, 0.15) is 0 Å². The minimum Gasteiger partial charge on any atom is -0.398 e. The molecule has 2 N–H and O–H groups in total. The fourth-order valence-electron chi connectivity index (χ4n) is 1.61. The average molecular weight is 246 g/mol. The second kappa shape index (κ2) is 3.71. The number of aromatic nitrogens is 4. The topological polar surface area (TPSA) is 69.1 Å². The van der Waals surface area contributed by atoms with Crippen molar-refractivity contribution in [2.24, 2.45) is 0 Å². The first-order chi connectivity index (χ1) is 8.25. The number of anilines is 1. The zero-order chi connectivity index (χ0) is 11.8. The van der Waals surface area contributed by atoms with Gasteiger partial charge in [-0.3, -0.25) is 0 Å². The van der Waals surface area contributed by atoms with E-state index in [1.54, 1.807) is 22.8 Å². The van der Waals surface area contributed by atoms with Gasteiger partial charge in [-0.25, -0.2) is 0 Å². The first-order valence-corrected chi connectivity index (χ1v) is 5.35. The molecule has 0 radical (unpaired) electrons. The van der Waals surface area contributed by atoms with Gasteiger partial charge in [0, 0.05) is 11.8 Å². The molecule has 3 aromatic rings. The number of hydrogen-bond donors (Lipinski definition) is 1. The lowest BCUT2D eigenvalue weighted by Gasteiger charge is -2.01. The van der Waals surface area contributed by atoms with E-state index >= 15 is 0 Å². The smallest absolute Gasteiger partial charge is 0.185 e. The summed E-state index contributed by atoms with van der Waals surface area (Å²) in [5.74, 6) is 0.643. The molecule has 2 heterocycles. The highest BCUT2D eigenvalue weighted by Crippen LogP contribution is 2.25. The van der Waals surface area contributed by atoms with Crippen LogP contribution >= 0.6 is 11.6 Å². The summed E-state index contributed by atoms with van der Waals surface area (Å²) in [5.41, 5.74) is 7.79. The highest BCUT2D eigenvalue weighted by atomic mass is 35.5. The molecular formula is C11H8ClN5. The largest absolute Gasteiger partial charge is 0.398 e. The molecule has 0 spiro atoms. The van der Waals surface area contributed by atoms with Crippen LogP contribution in [0.2, 0.25) is 5.02 Å². The van der Waals surface area contributed by atoms with E-state index in [1.807, 2.05) is 18.2 Å². The van der Waals surface area contributed by atoms with E-state index in [9.17, 15) is 0 Å². The van der Waals surface area contributed by atoms with Crippen molar-refractivity contribution < 1.29 is 0 Å². The van der Waals surface area contributed by atoms with Gasteiger partial charge in [0.15, 0.2) is 11.5 Å². The van der Waals surface area contributed by atoms with E-state index < -0.39 is 0 Å². The van der Waals surface area contributed by atoms with Crippen molar-refractivity contribution >= 4 is 22.9 Å². The number of hydrogen-bond acceptors (Lipinski definition) is 4. The van der Waals surface area contributed by atoms with Gasteiger partial charge < -0.3 is 5.73 Å². The summed E-state index contributed by atoms with van der Waals surface area (Å²) in [7, 11) is 0. The van der Waals surface area contributed by atoms with Gasteiger partial charge >= 0.3 is 0 Å². The van der Waals surface area contributed by atoms with Crippen molar-refractivity contribution in [1.29, 1.82) is 0 Å². The lowest BCUT2D eigenvalue weighted by molar-refractivity contribution is 0.936. The molecule has 6 heteroatoms. The molecule has 5 nitrogen and oxygen atoms in total. The van der Waals surface area contributed by atoms with Crippen LogP contribution in [0.15, 0.2) is 36.5 Å². The second-order valence-corrected chi connectivity index (χ2v) is 3.96. The Hall–Kier alpha value is -2.14. The Kier molecular flexibility index (Phi) is 2.19. The van der Waals surface area contributed by atoms with Crippen molar-refractivity contribution in [3.63, 3.8) is 0 Å². The molecule has 0 amide bonds. The first-order valence-electron chi connectivity index (χ1n) is 4.97. The Labute approximate surface area is 102 Å². The SMILES string of the molecule is Nc1cc(-c2nnc3cccnn23)ccc1Cl. The number of nitrogens with zero attached hydrogens (tertiary/aromatic N) is 4. The van der Waals surface area contributed by atoms with Crippen LogP contribution in [0.4, 0.5) is 5.69 Å². The monoisotopic (exact) mass is 245 g/mol. The Balaban J connectivity index is 2.24. The quantitative estimate of drug-likeness (QED) is 0.666. The third-order valence-electron chi connectivity index (χ3n) is 2.43. The van der Waals surface area contributed by atoms with Crippen LogP contribution < -0.4 is 5.73 Å². The predicted octanol–water partition coefficient (Wildman–Crippen LogP) is 2.03. The molecule has 0 bridgehead atoms. The highest BCUT2D eigenvalue weighted by molar-refractivity contribution is 6.33. The summed E-state index contributed by atoms with van der Waals surface area (Å²) in [5, 5.41) is 12.8. The van der Waals surface area contributed by atoms with Gasteiger partial charge in [-0.2, -0.15) is 9.61 Å². The maximum Gasteiger partial charge on any atom is 0.185 e. The van der Waals surface area contributed by atoms with Gasteiger partial charge in [-0.05, 0) is 30.3 Å². The number of rotatable bonds is 1. The molecule has 0 aliphatic heterocycles. The molecular weight excluding hydrogens is 238 g/mol. The van der Waals surface area contributed by atoms with E-state index in [2.05, 4.69) is 15.3 Å². The van der Waals surface area contributed by atoms with Gasteiger partial charge in [0.25, 0.3) is 0 Å². The molecule has 3 rings (SSSR count). The summed E-state index contributed by atoms with van der Waals surface area (Å²) in [6.07, 6.45) is 1.68. The van der Waals surface area contributed by atoms with Crippen LogP contribution in [0.25, 0.3) is 17.0 Å². The van der Waals surface area contributed by atoms with Gasteiger partial charge in [0.2, 0.25) is 0 Å². The van der Waals surface area contributed by atoms with E-state index in [1.165, 1.54) is 0 Å². The third kappa shape index (κ3) is 1.60. The molecule has 17 heavy (non-hydrogen) atoms. The standard InChI is InChI=1S/C11H8ClN5/c12-8-4-3-7(6-9(8)13)11-16-15-10-2-1-5-14-17(10)11/h1-6H,13H2. The summed E-state index contributed by atoms with van der Waals surface area (Å²) in [6, 6.07) is 8.97. The number of nitrogen functional groups attached to an aromatic ring is 1.